The molecule has 2 nitrogen and oxygen atoms in total. The number of nitrogens with zero attached hydrogens (tertiary/aromatic N) is 1. The van der Waals surface area contributed by atoms with Crippen molar-refractivity contribution >= 4 is 22.6 Å². The predicted molar refractivity (Wildman–Crippen MR) is 77.7 cm³/mol. The highest BCUT2D eigenvalue weighted by Crippen LogP contribution is 2.33. The summed E-state index contributed by atoms with van der Waals surface area (Å²) in [5, 5.41) is 3.39. The summed E-state index contributed by atoms with van der Waals surface area (Å²) in [4.78, 5) is 4.24. The van der Waals surface area contributed by atoms with Gasteiger partial charge in [0.2, 0.25) is 0 Å². The summed E-state index contributed by atoms with van der Waals surface area (Å²) in [5.41, 5.74) is -0.177. The van der Waals surface area contributed by atoms with E-state index in [-0.39, 0.29) is 11.1 Å². The maximum Gasteiger partial charge on any atom is 0.161 e. The van der Waals surface area contributed by atoms with Crippen LogP contribution in [0.4, 0.5) is 18.9 Å². The molecule has 1 aromatic rings. The fourth-order valence-corrected chi connectivity index (χ4v) is 3.40. The molecule has 0 saturated heterocycles. The van der Waals surface area contributed by atoms with Gasteiger partial charge in [0.1, 0.15) is 11.5 Å². The molecule has 6 heteroatoms. The van der Waals surface area contributed by atoms with Gasteiger partial charge in [-0.15, -0.1) is 0 Å². The average Bonchev–Trinajstić information content (AvgIpc) is 2.68. The molecule has 1 aliphatic rings. The molecule has 0 bridgehead atoms. The van der Waals surface area contributed by atoms with Crippen LogP contribution in [0.5, 0.6) is 0 Å². The standard InChI is InChI=1S/C14H17F3N2S/c1-14(2,3)6-9-7-18-13(20-9)19-12-10(16)4-8(15)5-11(12)17/h4-5,9H,6-7H2,1-3H3,(H,18,19). The third kappa shape index (κ3) is 3.91. The topological polar surface area (TPSA) is 24.4 Å². The molecule has 0 spiro atoms. The first-order valence-corrected chi connectivity index (χ1v) is 7.25. The van der Waals surface area contributed by atoms with Crippen molar-refractivity contribution in [2.45, 2.75) is 32.4 Å². The molecule has 1 heterocycles. The molecule has 1 aliphatic heterocycles. The second-order valence-electron chi connectivity index (χ2n) is 6.02. The van der Waals surface area contributed by atoms with Crippen molar-refractivity contribution in [1.82, 2.24) is 0 Å². The Morgan fingerprint density at radius 3 is 2.40 bits per heavy atom. The number of benzene rings is 1. The Hall–Kier alpha value is -1.17. The van der Waals surface area contributed by atoms with E-state index in [0.29, 0.717) is 29.1 Å². The van der Waals surface area contributed by atoms with Crippen LogP contribution in [0.2, 0.25) is 0 Å². The van der Waals surface area contributed by atoms with Crippen molar-refractivity contribution < 1.29 is 13.2 Å². The molecule has 0 saturated carbocycles. The van der Waals surface area contributed by atoms with Gasteiger partial charge in [-0.3, -0.25) is 4.99 Å². The molecule has 1 N–H and O–H groups in total. The van der Waals surface area contributed by atoms with E-state index in [9.17, 15) is 13.2 Å². The number of halogens is 3. The van der Waals surface area contributed by atoms with Gasteiger partial charge in [-0.05, 0) is 11.8 Å². The van der Waals surface area contributed by atoms with Gasteiger partial charge in [0, 0.05) is 17.4 Å². The number of thioether (sulfide) groups is 1. The van der Waals surface area contributed by atoms with Gasteiger partial charge >= 0.3 is 0 Å². The molecule has 1 atom stereocenters. The lowest BCUT2D eigenvalue weighted by molar-refractivity contribution is 0.375. The first-order chi connectivity index (χ1) is 9.24. The number of aliphatic imine (C=N–C) groups is 1. The van der Waals surface area contributed by atoms with Crippen molar-refractivity contribution in [3.05, 3.63) is 29.6 Å². The van der Waals surface area contributed by atoms with Crippen molar-refractivity contribution in [2.75, 3.05) is 11.9 Å². The first kappa shape index (κ1) is 15.2. The summed E-state index contributed by atoms with van der Waals surface area (Å²) in [6.07, 6.45) is 0.959. The second-order valence-corrected chi connectivity index (χ2v) is 7.31. The van der Waals surface area contributed by atoms with Crippen LogP contribution in [0, 0.1) is 22.9 Å². The second kappa shape index (κ2) is 5.68. The van der Waals surface area contributed by atoms with Crippen LogP contribution in [-0.4, -0.2) is 17.0 Å². The van der Waals surface area contributed by atoms with Crippen LogP contribution >= 0.6 is 11.8 Å². The Balaban J connectivity index is 2.03. The highest BCUT2D eigenvalue weighted by Gasteiger charge is 2.26. The SMILES string of the molecule is CC(C)(C)CC1CN=C(Nc2c(F)cc(F)cc2F)S1. The molecule has 0 aromatic heterocycles. The Kier molecular flexibility index (Phi) is 4.32. The monoisotopic (exact) mass is 302 g/mol. The summed E-state index contributed by atoms with van der Waals surface area (Å²) in [6.45, 7) is 7.03. The maximum atomic E-state index is 13.5. The van der Waals surface area contributed by atoms with E-state index in [0.717, 1.165) is 6.42 Å². The zero-order valence-electron chi connectivity index (χ0n) is 11.6. The predicted octanol–water partition coefficient (Wildman–Crippen LogP) is 4.42. The Morgan fingerprint density at radius 2 is 1.85 bits per heavy atom. The van der Waals surface area contributed by atoms with E-state index in [1.54, 1.807) is 0 Å². The Labute approximate surface area is 120 Å². The van der Waals surface area contributed by atoms with E-state index >= 15 is 0 Å². The lowest BCUT2D eigenvalue weighted by atomic mass is 9.90. The fraction of sp³-hybridized carbons (Fsp3) is 0.500. The summed E-state index contributed by atoms with van der Waals surface area (Å²) >= 11 is 1.47. The molecule has 1 unspecified atom stereocenters. The lowest BCUT2D eigenvalue weighted by Gasteiger charge is -2.21. The minimum Gasteiger partial charge on any atom is -0.330 e. The van der Waals surface area contributed by atoms with Crippen molar-refractivity contribution in [2.24, 2.45) is 10.4 Å². The number of amidine groups is 1. The molecule has 0 amide bonds. The minimum absolute atomic E-state index is 0.176. The highest BCUT2D eigenvalue weighted by molar-refractivity contribution is 8.15. The van der Waals surface area contributed by atoms with E-state index < -0.39 is 17.5 Å². The van der Waals surface area contributed by atoms with E-state index in [1.165, 1.54) is 11.8 Å². The molecular weight excluding hydrogens is 285 g/mol. The molecule has 1 aromatic carbocycles. The summed E-state index contributed by atoms with van der Waals surface area (Å²) in [7, 11) is 0. The number of rotatable bonds is 2. The Bertz CT molecular complexity index is 515. The van der Waals surface area contributed by atoms with E-state index in [1.807, 2.05) is 0 Å². The summed E-state index contributed by atoms with van der Waals surface area (Å²) < 4.78 is 39.9. The minimum atomic E-state index is -0.954. The number of nitrogens with one attached hydrogen (secondary N) is 1. The molecular formula is C14H17F3N2S. The molecule has 0 fully saturated rings. The zero-order valence-corrected chi connectivity index (χ0v) is 12.5. The van der Waals surface area contributed by atoms with Crippen LogP contribution in [-0.2, 0) is 0 Å². The van der Waals surface area contributed by atoms with Gasteiger partial charge < -0.3 is 5.32 Å². The van der Waals surface area contributed by atoms with Crippen molar-refractivity contribution in [3.8, 4) is 0 Å². The van der Waals surface area contributed by atoms with Crippen LogP contribution in [0.3, 0.4) is 0 Å². The normalized spacial score (nSPS) is 19.1. The van der Waals surface area contributed by atoms with Gasteiger partial charge in [-0.1, -0.05) is 32.5 Å². The third-order valence-corrected chi connectivity index (χ3v) is 3.90. The molecule has 2 rings (SSSR count). The van der Waals surface area contributed by atoms with E-state index in [4.69, 9.17) is 0 Å². The lowest BCUT2D eigenvalue weighted by Crippen LogP contribution is -2.16. The maximum absolute atomic E-state index is 13.5. The quantitative estimate of drug-likeness (QED) is 0.874. The Morgan fingerprint density at radius 1 is 1.25 bits per heavy atom. The largest absolute Gasteiger partial charge is 0.330 e. The number of hydrogen-bond acceptors (Lipinski definition) is 3. The van der Waals surface area contributed by atoms with Gasteiger partial charge in [-0.25, -0.2) is 13.2 Å². The highest BCUT2D eigenvalue weighted by atomic mass is 32.2. The molecule has 20 heavy (non-hydrogen) atoms. The van der Waals surface area contributed by atoms with E-state index in [2.05, 4.69) is 31.1 Å². The van der Waals surface area contributed by atoms with Gasteiger partial charge in [-0.2, -0.15) is 0 Å². The van der Waals surface area contributed by atoms with Crippen molar-refractivity contribution in [1.29, 1.82) is 0 Å². The summed E-state index contributed by atoms with van der Waals surface area (Å²) in [6, 6.07) is 1.30. The van der Waals surface area contributed by atoms with Gasteiger partial charge in [0.05, 0.1) is 6.54 Å². The fourth-order valence-electron chi connectivity index (χ4n) is 2.04. The van der Waals surface area contributed by atoms with Crippen LogP contribution < -0.4 is 5.32 Å². The van der Waals surface area contributed by atoms with Crippen LogP contribution in [0.25, 0.3) is 0 Å². The van der Waals surface area contributed by atoms with Crippen LogP contribution in [0.15, 0.2) is 17.1 Å². The molecule has 0 radical (unpaired) electrons. The third-order valence-electron chi connectivity index (χ3n) is 2.80. The van der Waals surface area contributed by atoms with Gasteiger partial charge in [0.15, 0.2) is 16.8 Å². The van der Waals surface area contributed by atoms with Crippen LogP contribution in [0.1, 0.15) is 27.2 Å². The van der Waals surface area contributed by atoms with Gasteiger partial charge in [0.25, 0.3) is 0 Å². The average molecular weight is 302 g/mol. The number of anilines is 1. The molecule has 110 valence electrons. The smallest absolute Gasteiger partial charge is 0.161 e. The number of hydrogen-bond donors (Lipinski definition) is 1. The zero-order chi connectivity index (χ0) is 14.9. The first-order valence-electron chi connectivity index (χ1n) is 6.37. The molecule has 0 aliphatic carbocycles. The van der Waals surface area contributed by atoms with Crippen molar-refractivity contribution in [3.63, 3.8) is 0 Å². The summed E-state index contributed by atoms with van der Waals surface area (Å²) in [5.74, 6) is -2.84.